The summed E-state index contributed by atoms with van der Waals surface area (Å²) in [5, 5.41) is 0.546. The third-order valence-electron chi connectivity index (χ3n) is 3.68. The van der Waals surface area contributed by atoms with Gasteiger partial charge in [0.2, 0.25) is 0 Å². The number of alkyl halides is 1. The number of likely N-dealkylation sites (tertiary alicyclic amines) is 1. The van der Waals surface area contributed by atoms with Gasteiger partial charge in [0.25, 0.3) is 5.91 Å². The van der Waals surface area contributed by atoms with Crippen molar-refractivity contribution in [3.8, 4) is 0 Å². The lowest BCUT2D eigenvalue weighted by Crippen LogP contribution is -2.40. The molecule has 1 aliphatic heterocycles. The van der Waals surface area contributed by atoms with Crippen LogP contribution in [0.25, 0.3) is 0 Å². The van der Waals surface area contributed by atoms with Crippen LogP contribution in [0.3, 0.4) is 0 Å². The van der Waals surface area contributed by atoms with Crippen molar-refractivity contribution in [1.82, 2.24) is 4.90 Å². The topological polar surface area (TPSA) is 20.3 Å². The van der Waals surface area contributed by atoms with E-state index in [9.17, 15) is 4.79 Å². The largest absolute Gasteiger partial charge is 0.338 e. The van der Waals surface area contributed by atoms with Crippen LogP contribution in [0.5, 0.6) is 0 Å². The predicted octanol–water partition coefficient (Wildman–Crippen LogP) is 4.13. The van der Waals surface area contributed by atoms with E-state index in [0.29, 0.717) is 22.4 Å². The lowest BCUT2D eigenvalue weighted by Gasteiger charge is -2.32. The van der Waals surface area contributed by atoms with Gasteiger partial charge in [0.1, 0.15) is 0 Å². The van der Waals surface area contributed by atoms with Crippen molar-refractivity contribution in [1.29, 1.82) is 0 Å². The van der Waals surface area contributed by atoms with Crippen LogP contribution in [-0.4, -0.2) is 29.8 Å². The quantitative estimate of drug-likeness (QED) is 0.769. The summed E-state index contributed by atoms with van der Waals surface area (Å²) in [6.45, 7) is 3.59. The van der Waals surface area contributed by atoms with Gasteiger partial charge in [-0.3, -0.25) is 4.79 Å². The molecule has 104 valence electrons. The Morgan fingerprint density at radius 1 is 1.47 bits per heavy atom. The Kier molecular flexibility index (Phi) is 5.12. The molecule has 1 aromatic rings. The molecular weight excluding hydrogens is 281 g/mol. The van der Waals surface area contributed by atoms with Gasteiger partial charge in [-0.1, -0.05) is 17.7 Å². The second-order valence-electron chi connectivity index (χ2n) is 5.22. The van der Waals surface area contributed by atoms with Crippen molar-refractivity contribution in [3.05, 3.63) is 34.3 Å². The zero-order valence-corrected chi connectivity index (χ0v) is 12.7. The first-order valence-electron chi connectivity index (χ1n) is 6.73. The van der Waals surface area contributed by atoms with E-state index < -0.39 is 0 Å². The molecule has 2 rings (SSSR count). The molecule has 0 radical (unpaired) electrons. The molecule has 2 nitrogen and oxygen atoms in total. The van der Waals surface area contributed by atoms with Crippen LogP contribution in [0.15, 0.2) is 18.2 Å². The first-order valence-corrected chi connectivity index (χ1v) is 7.64. The van der Waals surface area contributed by atoms with Crippen molar-refractivity contribution in [3.63, 3.8) is 0 Å². The summed E-state index contributed by atoms with van der Waals surface area (Å²) in [6.07, 6.45) is 3.20. The fourth-order valence-electron chi connectivity index (χ4n) is 2.60. The number of hydrogen-bond acceptors (Lipinski definition) is 1. The van der Waals surface area contributed by atoms with Crippen molar-refractivity contribution in [2.24, 2.45) is 5.92 Å². The Hall–Kier alpha value is -0.730. The highest BCUT2D eigenvalue weighted by molar-refractivity contribution is 6.33. The maximum atomic E-state index is 12.5. The van der Waals surface area contributed by atoms with Crippen LogP contribution < -0.4 is 0 Å². The maximum Gasteiger partial charge on any atom is 0.255 e. The molecule has 1 atom stereocenters. The first kappa shape index (κ1) is 14.7. The molecule has 1 amide bonds. The van der Waals surface area contributed by atoms with E-state index in [2.05, 4.69) is 0 Å². The van der Waals surface area contributed by atoms with Crippen LogP contribution in [0.1, 0.15) is 35.2 Å². The van der Waals surface area contributed by atoms with Gasteiger partial charge >= 0.3 is 0 Å². The summed E-state index contributed by atoms with van der Waals surface area (Å²) >= 11 is 12.0. The SMILES string of the molecule is Cc1ccc(C(=O)N2CCCC(CCCl)C2)c(Cl)c1. The number of carbonyl (C=O) groups excluding carboxylic acids is 1. The van der Waals surface area contributed by atoms with E-state index in [1.807, 2.05) is 30.0 Å². The van der Waals surface area contributed by atoms with Crippen LogP contribution in [0.2, 0.25) is 5.02 Å². The van der Waals surface area contributed by atoms with E-state index in [-0.39, 0.29) is 5.91 Å². The number of nitrogens with zero attached hydrogens (tertiary/aromatic N) is 1. The minimum atomic E-state index is 0.0456. The molecule has 0 saturated carbocycles. The maximum absolute atomic E-state index is 12.5. The molecule has 0 bridgehead atoms. The zero-order chi connectivity index (χ0) is 13.8. The number of piperidine rings is 1. The molecule has 1 unspecified atom stereocenters. The van der Waals surface area contributed by atoms with E-state index in [1.165, 1.54) is 0 Å². The van der Waals surface area contributed by atoms with E-state index >= 15 is 0 Å². The molecule has 0 N–H and O–H groups in total. The highest BCUT2D eigenvalue weighted by Crippen LogP contribution is 2.24. The molecule has 1 aromatic carbocycles. The molecule has 19 heavy (non-hydrogen) atoms. The highest BCUT2D eigenvalue weighted by atomic mass is 35.5. The summed E-state index contributed by atoms with van der Waals surface area (Å²) in [5.41, 5.74) is 1.68. The molecule has 1 saturated heterocycles. The lowest BCUT2D eigenvalue weighted by atomic mass is 9.95. The monoisotopic (exact) mass is 299 g/mol. The van der Waals surface area contributed by atoms with Gasteiger partial charge in [0.05, 0.1) is 10.6 Å². The fraction of sp³-hybridized carbons (Fsp3) is 0.533. The number of aryl methyl sites for hydroxylation is 1. The minimum Gasteiger partial charge on any atom is -0.338 e. The summed E-state index contributed by atoms with van der Waals surface area (Å²) in [7, 11) is 0. The van der Waals surface area contributed by atoms with E-state index in [4.69, 9.17) is 23.2 Å². The van der Waals surface area contributed by atoms with Crippen LogP contribution in [0.4, 0.5) is 0 Å². The standard InChI is InChI=1S/C15H19Cl2NO/c1-11-4-5-13(14(17)9-11)15(19)18-8-2-3-12(10-18)6-7-16/h4-5,9,12H,2-3,6-8,10H2,1H3. The summed E-state index contributed by atoms with van der Waals surface area (Å²) < 4.78 is 0. The summed E-state index contributed by atoms with van der Waals surface area (Å²) in [5.74, 6) is 1.24. The second-order valence-corrected chi connectivity index (χ2v) is 6.01. The van der Waals surface area contributed by atoms with Crippen LogP contribution in [0, 0.1) is 12.8 Å². The fourth-order valence-corrected chi connectivity index (χ4v) is 3.23. The molecule has 1 aliphatic rings. The average Bonchev–Trinajstić information content (AvgIpc) is 2.39. The van der Waals surface area contributed by atoms with Gasteiger partial charge in [0.15, 0.2) is 0 Å². The normalized spacial score (nSPS) is 19.5. The van der Waals surface area contributed by atoms with Gasteiger partial charge in [0, 0.05) is 19.0 Å². The summed E-state index contributed by atoms with van der Waals surface area (Å²) in [4.78, 5) is 14.4. The van der Waals surface area contributed by atoms with Crippen molar-refractivity contribution >= 4 is 29.1 Å². The third-order valence-corrected chi connectivity index (χ3v) is 4.21. The minimum absolute atomic E-state index is 0.0456. The van der Waals surface area contributed by atoms with Gasteiger partial charge in [-0.15, -0.1) is 11.6 Å². The van der Waals surface area contributed by atoms with Gasteiger partial charge in [-0.05, 0) is 49.8 Å². The predicted molar refractivity (Wildman–Crippen MR) is 80.2 cm³/mol. The van der Waals surface area contributed by atoms with Gasteiger partial charge in [-0.2, -0.15) is 0 Å². The average molecular weight is 300 g/mol. The first-order chi connectivity index (χ1) is 9.11. The molecule has 0 aliphatic carbocycles. The van der Waals surface area contributed by atoms with E-state index in [1.54, 1.807) is 0 Å². The van der Waals surface area contributed by atoms with Crippen LogP contribution >= 0.6 is 23.2 Å². The van der Waals surface area contributed by atoms with Crippen molar-refractivity contribution < 1.29 is 4.79 Å². The van der Waals surface area contributed by atoms with Crippen molar-refractivity contribution in [2.45, 2.75) is 26.2 Å². The molecule has 1 heterocycles. The second kappa shape index (κ2) is 6.62. The summed E-state index contributed by atoms with van der Waals surface area (Å²) in [6, 6.07) is 5.60. The molecule has 4 heteroatoms. The smallest absolute Gasteiger partial charge is 0.255 e. The number of halogens is 2. The number of amides is 1. The van der Waals surface area contributed by atoms with E-state index in [0.717, 1.165) is 37.9 Å². The Labute approximate surface area is 124 Å². The molecule has 0 aromatic heterocycles. The molecule has 0 spiro atoms. The highest BCUT2D eigenvalue weighted by Gasteiger charge is 2.25. The number of rotatable bonds is 3. The molecular formula is C15H19Cl2NO. The number of carbonyl (C=O) groups is 1. The van der Waals surface area contributed by atoms with Gasteiger partial charge in [-0.25, -0.2) is 0 Å². The zero-order valence-electron chi connectivity index (χ0n) is 11.2. The molecule has 1 fully saturated rings. The van der Waals surface area contributed by atoms with Crippen LogP contribution in [-0.2, 0) is 0 Å². The number of hydrogen-bond donors (Lipinski definition) is 0. The Bertz CT molecular complexity index is 459. The Morgan fingerprint density at radius 2 is 2.26 bits per heavy atom. The number of benzene rings is 1. The Morgan fingerprint density at radius 3 is 2.95 bits per heavy atom. The van der Waals surface area contributed by atoms with Crippen molar-refractivity contribution in [2.75, 3.05) is 19.0 Å². The Balaban J connectivity index is 2.10. The third kappa shape index (κ3) is 3.64. The lowest BCUT2D eigenvalue weighted by molar-refractivity contribution is 0.0672. The van der Waals surface area contributed by atoms with Gasteiger partial charge < -0.3 is 4.90 Å².